The maximum absolute atomic E-state index is 4.85. The molecule has 0 aliphatic carbocycles. The molecule has 4 rings (SSSR count). The number of rotatable bonds is 4. The predicted octanol–water partition coefficient (Wildman–Crippen LogP) is 4.75. The zero-order valence-corrected chi connectivity index (χ0v) is 16.4. The summed E-state index contributed by atoms with van der Waals surface area (Å²) in [5.74, 6) is 1.67. The van der Waals surface area contributed by atoms with Crippen molar-refractivity contribution in [1.29, 1.82) is 0 Å². The fourth-order valence-corrected chi connectivity index (χ4v) is 3.54. The third-order valence-corrected chi connectivity index (χ3v) is 5.17. The Bertz CT molecular complexity index is 1130. The van der Waals surface area contributed by atoms with Crippen LogP contribution in [0.2, 0.25) is 0 Å². The van der Waals surface area contributed by atoms with Crippen molar-refractivity contribution in [2.24, 2.45) is 17.0 Å². The van der Waals surface area contributed by atoms with Crippen LogP contribution in [0.15, 0.2) is 101 Å². The maximum atomic E-state index is 4.85. The lowest BCUT2D eigenvalue weighted by molar-refractivity contribution is 0.787. The smallest absolute Gasteiger partial charge is 0.210 e. The van der Waals surface area contributed by atoms with Crippen molar-refractivity contribution < 1.29 is 0 Å². The Balaban J connectivity index is 1.74. The van der Waals surface area contributed by atoms with Crippen LogP contribution in [0.3, 0.4) is 0 Å². The molecule has 5 heteroatoms. The molecule has 0 saturated heterocycles. The number of nitrogens with zero attached hydrogens (tertiary/aromatic N) is 4. The van der Waals surface area contributed by atoms with Gasteiger partial charge in [-0.1, -0.05) is 78.9 Å². The molecule has 3 aromatic carbocycles. The van der Waals surface area contributed by atoms with Crippen LogP contribution in [-0.4, -0.2) is 14.8 Å². The van der Waals surface area contributed by atoms with Crippen molar-refractivity contribution in [3.63, 3.8) is 0 Å². The summed E-state index contributed by atoms with van der Waals surface area (Å²) in [5.41, 5.74) is 3.09. The molecule has 0 fully saturated rings. The molecule has 0 aliphatic heterocycles. The van der Waals surface area contributed by atoms with Crippen LogP contribution in [0.5, 0.6) is 0 Å². The fraction of sp³-hybridized carbons (Fsp3) is 0.0870. The number of aliphatic imine (C=N–C) groups is 1. The van der Waals surface area contributed by atoms with E-state index in [4.69, 9.17) is 9.98 Å². The fourth-order valence-electron chi connectivity index (χ4n) is 2.81. The number of aromatic nitrogens is 2. The Morgan fingerprint density at radius 2 is 1.46 bits per heavy atom. The highest BCUT2D eigenvalue weighted by Crippen LogP contribution is 2.14. The molecule has 4 nitrogen and oxygen atoms in total. The van der Waals surface area contributed by atoms with Gasteiger partial charge in [-0.15, -0.1) is 0 Å². The molecule has 1 heterocycles. The van der Waals surface area contributed by atoms with Gasteiger partial charge in [0.1, 0.15) is 5.82 Å². The van der Waals surface area contributed by atoms with E-state index in [0.717, 1.165) is 28.3 Å². The largest absolute Gasteiger partial charge is 0.307 e. The monoisotopic (exact) mass is 384 g/mol. The second kappa shape index (κ2) is 8.59. The SMILES string of the molecule is Cn1c(Cc2ccccc2)nsc1=NC(=Nc1ccccc1)c1ccccc1. The highest BCUT2D eigenvalue weighted by Gasteiger charge is 2.08. The van der Waals surface area contributed by atoms with Crippen LogP contribution < -0.4 is 4.80 Å². The number of amidine groups is 1. The summed E-state index contributed by atoms with van der Waals surface area (Å²) < 4.78 is 6.66. The van der Waals surface area contributed by atoms with Crippen LogP contribution in [0, 0.1) is 0 Å². The summed E-state index contributed by atoms with van der Waals surface area (Å²) in [7, 11) is 2.01. The Labute approximate surface area is 168 Å². The Hall–Kier alpha value is -3.31. The number of benzene rings is 3. The van der Waals surface area contributed by atoms with Gasteiger partial charge in [-0.25, -0.2) is 4.99 Å². The van der Waals surface area contributed by atoms with E-state index in [1.807, 2.05) is 90.5 Å². The van der Waals surface area contributed by atoms with E-state index >= 15 is 0 Å². The first kappa shape index (κ1) is 18.1. The molecule has 0 atom stereocenters. The van der Waals surface area contributed by atoms with Gasteiger partial charge < -0.3 is 4.57 Å². The van der Waals surface area contributed by atoms with Gasteiger partial charge in [-0.3, -0.25) is 0 Å². The highest BCUT2D eigenvalue weighted by molar-refractivity contribution is 7.02. The third kappa shape index (κ3) is 4.32. The summed E-state index contributed by atoms with van der Waals surface area (Å²) >= 11 is 1.39. The van der Waals surface area contributed by atoms with Crippen molar-refractivity contribution in [1.82, 2.24) is 8.94 Å². The summed E-state index contributed by atoms with van der Waals surface area (Å²) in [6.45, 7) is 0. The normalized spacial score (nSPS) is 12.3. The molecule has 0 amide bonds. The van der Waals surface area contributed by atoms with Gasteiger partial charge in [0.15, 0.2) is 5.84 Å². The molecule has 0 unspecified atom stereocenters. The summed E-state index contributed by atoms with van der Waals surface area (Å²) in [6, 6.07) is 30.3. The minimum atomic E-state index is 0.678. The Kier molecular flexibility index (Phi) is 5.54. The van der Waals surface area contributed by atoms with Gasteiger partial charge in [0.2, 0.25) is 4.80 Å². The molecule has 0 bridgehead atoms. The number of para-hydroxylation sites is 1. The van der Waals surface area contributed by atoms with Gasteiger partial charge in [-0.2, -0.15) is 9.37 Å². The minimum Gasteiger partial charge on any atom is -0.307 e. The van der Waals surface area contributed by atoms with Gasteiger partial charge in [0.25, 0.3) is 0 Å². The summed E-state index contributed by atoms with van der Waals surface area (Å²) in [6.07, 6.45) is 0.778. The first-order valence-electron chi connectivity index (χ1n) is 9.09. The first-order valence-corrected chi connectivity index (χ1v) is 9.86. The van der Waals surface area contributed by atoms with Crippen LogP contribution in [0.4, 0.5) is 5.69 Å². The predicted molar refractivity (Wildman–Crippen MR) is 115 cm³/mol. The molecule has 0 aliphatic rings. The molecular formula is C23H20N4S. The van der Waals surface area contributed by atoms with Crippen LogP contribution >= 0.6 is 11.5 Å². The van der Waals surface area contributed by atoms with Gasteiger partial charge in [-0.05, 0) is 17.7 Å². The molecule has 28 heavy (non-hydrogen) atoms. The molecule has 4 aromatic rings. The average molecular weight is 385 g/mol. The molecule has 0 saturated carbocycles. The van der Waals surface area contributed by atoms with Crippen molar-refractivity contribution in [2.45, 2.75) is 6.42 Å². The van der Waals surface area contributed by atoms with Crippen LogP contribution in [0.25, 0.3) is 0 Å². The summed E-state index contributed by atoms with van der Waals surface area (Å²) in [4.78, 5) is 10.5. The van der Waals surface area contributed by atoms with E-state index in [1.165, 1.54) is 17.1 Å². The van der Waals surface area contributed by atoms with Crippen molar-refractivity contribution in [2.75, 3.05) is 0 Å². The third-order valence-electron chi connectivity index (χ3n) is 4.34. The molecule has 1 aromatic heterocycles. The number of hydrogen-bond acceptors (Lipinski definition) is 3. The van der Waals surface area contributed by atoms with E-state index < -0.39 is 0 Å². The van der Waals surface area contributed by atoms with Gasteiger partial charge in [0.05, 0.1) is 5.69 Å². The van der Waals surface area contributed by atoms with Crippen molar-refractivity contribution in [3.05, 3.63) is 113 Å². The number of hydrogen-bond donors (Lipinski definition) is 0. The molecule has 0 spiro atoms. The van der Waals surface area contributed by atoms with Gasteiger partial charge in [0, 0.05) is 30.6 Å². The van der Waals surface area contributed by atoms with Crippen molar-refractivity contribution in [3.8, 4) is 0 Å². The topological polar surface area (TPSA) is 42.5 Å². The lowest BCUT2D eigenvalue weighted by Gasteiger charge is -2.03. The molecule has 138 valence electrons. The second-order valence-corrected chi connectivity index (χ2v) is 7.08. The van der Waals surface area contributed by atoms with Crippen LogP contribution in [0.1, 0.15) is 17.0 Å². The second-order valence-electron chi connectivity index (χ2n) is 6.35. The highest BCUT2D eigenvalue weighted by atomic mass is 32.1. The quantitative estimate of drug-likeness (QED) is 0.370. The van der Waals surface area contributed by atoms with E-state index in [9.17, 15) is 0 Å². The zero-order chi connectivity index (χ0) is 19.2. The first-order chi connectivity index (χ1) is 13.8. The molecule has 0 radical (unpaired) electrons. The summed E-state index contributed by atoms with van der Waals surface area (Å²) in [5, 5.41) is 0. The maximum Gasteiger partial charge on any atom is 0.210 e. The van der Waals surface area contributed by atoms with E-state index in [1.54, 1.807) is 0 Å². The van der Waals surface area contributed by atoms with E-state index in [-0.39, 0.29) is 0 Å². The van der Waals surface area contributed by atoms with Crippen molar-refractivity contribution >= 4 is 23.1 Å². The average Bonchev–Trinajstić information content (AvgIpc) is 3.09. The van der Waals surface area contributed by atoms with Crippen LogP contribution in [-0.2, 0) is 13.5 Å². The lowest BCUT2D eigenvalue weighted by atomic mass is 10.1. The zero-order valence-electron chi connectivity index (χ0n) is 15.6. The van der Waals surface area contributed by atoms with E-state index in [2.05, 4.69) is 16.5 Å². The van der Waals surface area contributed by atoms with E-state index in [0.29, 0.717) is 5.84 Å². The molecule has 0 N–H and O–H groups in total. The lowest BCUT2D eigenvalue weighted by Crippen LogP contribution is -2.16. The Morgan fingerprint density at radius 3 is 2.14 bits per heavy atom. The standard InChI is InChI=1S/C23H20N4S/c1-27-21(17-18-11-5-2-6-12-18)26-28-23(27)25-22(19-13-7-3-8-14-19)24-20-15-9-4-10-16-20/h2-16H,17H2,1H3. The molecular weight excluding hydrogens is 364 g/mol. The Morgan fingerprint density at radius 1 is 0.857 bits per heavy atom. The van der Waals surface area contributed by atoms with Gasteiger partial charge >= 0.3 is 0 Å². The minimum absolute atomic E-state index is 0.678.